The SMILES string of the molecule is O=C1/C(=C/c2ccc([N+](=O)[O-])cc2)S/C(=N\N=C\c2cc(Br)ccc2O)N1Cc1ccco1. The van der Waals surface area contributed by atoms with Crippen LogP contribution in [0.15, 0.2) is 84.9 Å². The Morgan fingerprint density at radius 1 is 1.21 bits per heavy atom. The highest BCUT2D eigenvalue weighted by Crippen LogP contribution is 2.34. The molecule has 4 rings (SSSR count). The number of non-ortho nitro benzene ring substituents is 1. The van der Waals surface area contributed by atoms with Crippen molar-refractivity contribution in [1.82, 2.24) is 4.90 Å². The number of nitro benzene ring substituents is 1. The lowest BCUT2D eigenvalue weighted by Gasteiger charge is -2.12. The second-order valence-electron chi connectivity index (χ2n) is 6.76. The summed E-state index contributed by atoms with van der Waals surface area (Å²) in [5, 5.41) is 29.4. The van der Waals surface area contributed by atoms with Crippen LogP contribution in [-0.4, -0.2) is 32.2 Å². The molecule has 2 aromatic carbocycles. The van der Waals surface area contributed by atoms with Crippen LogP contribution in [0.1, 0.15) is 16.9 Å². The van der Waals surface area contributed by atoms with Gasteiger partial charge in [-0.1, -0.05) is 15.9 Å². The molecule has 11 heteroatoms. The first kappa shape index (κ1) is 22.5. The Kier molecular flexibility index (Phi) is 6.71. The lowest BCUT2D eigenvalue weighted by molar-refractivity contribution is -0.384. The van der Waals surface area contributed by atoms with Gasteiger partial charge in [0, 0.05) is 22.2 Å². The van der Waals surface area contributed by atoms with Crippen LogP contribution < -0.4 is 0 Å². The molecule has 0 spiro atoms. The summed E-state index contributed by atoms with van der Waals surface area (Å²) >= 11 is 4.46. The number of carbonyl (C=O) groups excluding carboxylic acids is 1. The lowest BCUT2D eigenvalue weighted by atomic mass is 10.2. The minimum Gasteiger partial charge on any atom is -0.507 e. The van der Waals surface area contributed by atoms with Crippen molar-refractivity contribution >= 4 is 56.7 Å². The van der Waals surface area contributed by atoms with Crippen LogP contribution in [0.3, 0.4) is 0 Å². The van der Waals surface area contributed by atoms with Gasteiger partial charge in [-0.2, -0.15) is 5.10 Å². The maximum atomic E-state index is 13.1. The average Bonchev–Trinajstić information content (AvgIpc) is 3.41. The van der Waals surface area contributed by atoms with Crippen LogP contribution in [-0.2, 0) is 11.3 Å². The van der Waals surface area contributed by atoms with Gasteiger partial charge in [-0.25, -0.2) is 0 Å². The summed E-state index contributed by atoms with van der Waals surface area (Å²) in [4.78, 5) is 25.2. The molecule has 0 bridgehead atoms. The van der Waals surface area contributed by atoms with Crippen LogP contribution in [0.4, 0.5) is 5.69 Å². The highest BCUT2D eigenvalue weighted by atomic mass is 79.9. The number of aromatic hydroxyl groups is 1. The van der Waals surface area contributed by atoms with Gasteiger partial charge in [0.05, 0.1) is 28.9 Å². The lowest BCUT2D eigenvalue weighted by Crippen LogP contribution is -2.28. The second kappa shape index (κ2) is 9.84. The quantitative estimate of drug-likeness (QED) is 0.205. The molecule has 1 aromatic heterocycles. The number of phenolic OH excluding ortho intramolecular Hbond substituents is 1. The number of amidine groups is 1. The molecule has 3 aromatic rings. The molecule has 9 nitrogen and oxygen atoms in total. The standard InChI is InChI=1S/C22H15BrN4O5S/c23-16-5-8-19(28)15(11-16)12-24-25-22-26(13-18-2-1-9-32-18)21(29)20(33-22)10-14-3-6-17(7-4-14)27(30)31/h1-12,28H,13H2/b20-10-,24-12+,25-22-. The van der Waals surface area contributed by atoms with E-state index >= 15 is 0 Å². The zero-order chi connectivity index (χ0) is 23.4. The Balaban J connectivity index is 1.62. The van der Waals surface area contributed by atoms with Crippen molar-refractivity contribution in [2.24, 2.45) is 10.2 Å². The Labute approximate surface area is 200 Å². The van der Waals surface area contributed by atoms with E-state index in [1.165, 1.54) is 35.6 Å². The van der Waals surface area contributed by atoms with E-state index < -0.39 is 4.92 Å². The maximum Gasteiger partial charge on any atom is 0.269 e. The predicted octanol–water partition coefficient (Wildman–Crippen LogP) is 5.16. The highest BCUT2D eigenvalue weighted by Gasteiger charge is 2.34. The molecular formula is C22H15BrN4O5S. The fourth-order valence-corrected chi connectivity index (χ4v) is 4.21. The van der Waals surface area contributed by atoms with Gasteiger partial charge >= 0.3 is 0 Å². The molecular weight excluding hydrogens is 512 g/mol. The average molecular weight is 527 g/mol. The summed E-state index contributed by atoms with van der Waals surface area (Å²) in [5.41, 5.74) is 1.06. The van der Waals surface area contributed by atoms with Gasteiger partial charge in [0.1, 0.15) is 11.5 Å². The molecule has 33 heavy (non-hydrogen) atoms. The Morgan fingerprint density at radius 3 is 2.70 bits per heavy atom. The summed E-state index contributed by atoms with van der Waals surface area (Å²) in [6, 6.07) is 14.3. The molecule has 0 aliphatic carbocycles. The molecule has 1 amide bonds. The molecule has 0 unspecified atom stereocenters. The topological polar surface area (TPSA) is 122 Å². The van der Waals surface area contributed by atoms with Gasteiger partial charge < -0.3 is 9.52 Å². The monoisotopic (exact) mass is 526 g/mol. The highest BCUT2D eigenvalue weighted by molar-refractivity contribution is 9.10. The van der Waals surface area contributed by atoms with Gasteiger partial charge in [0.25, 0.3) is 11.6 Å². The van der Waals surface area contributed by atoms with Gasteiger partial charge in [-0.3, -0.25) is 19.8 Å². The second-order valence-corrected chi connectivity index (χ2v) is 8.69. The van der Waals surface area contributed by atoms with Crippen molar-refractivity contribution in [2.45, 2.75) is 6.54 Å². The van der Waals surface area contributed by atoms with Crippen LogP contribution in [0.25, 0.3) is 6.08 Å². The maximum absolute atomic E-state index is 13.1. The third-order valence-electron chi connectivity index (χ3n) is 4.51. The number of hydrogen-bond donors (Lipinski definition) is 1. The minimum atomic E-state index is -0.483. The summed E-state index contributed by atoms with van der Waals surface area (Å²) < 4.78 is 6.14. The number of phenols is 1. The number of amides is 1. The molecule has 166 valence electrons. The smallest absolute Gasteiger partial charge is 0.269 e. The number of halogens is 1. The van der Waals surface area contributed by atoms with E-state index in [4.69, 9.17) is 4.42 Å². The number of rotatable bonds is 6. The number of benzene rings is 2. The molecule has 1 aliphatic heterocycles. The number of furan rings is 1. The number of nitro groups is 1. The van der Waals surface area contributed by atoms with Crippen molar-refractivity contribution in [3.63, 3.8) is 0 Å². The number of hydrogen-bond acceptors (Lipinski definition) is 8. The van der Waals surface area contributed by atoms with Gasteiger partial charge in [0.15, 0.2) is 5.17 Å². The van der Waals surface area contributed by atoms with Crippen molar-refractivity contribution in [3.8, 4) is 5.75 Å². The molecule has 0 radical (unpaired) electrons. The van der Waals surface area contributed by atoms with E-state index in [1.807, 2.05) is 0 Å². The minimum absolute atomic E-state index is 0.0330. The number of thioether (sulfide) groups is 1. The first-order valence-electron chi connectivity index (χ1n) is 9.48. The zero-order valence-electron chi connectivity index (χ0n) is 16.8. The third-order valence-corrected chi connectivity index (χ3v) is 6.00. The Hall–Kier alpha value is -3.70. The summed E-state index contributed by atoms with van der Waals surface area (Å²) in [6.07, 6.45) is 4.54. The van der Waals surface area contributed by atoms with Crippen LogP contribution >= 0.6 is 27.7 Å². The fraction of sp³-hybridized carbons (Fsp3) is 0.0455. The molecule has 2 heterocycles. The summed E-state index contributed by atoms with van der Waals surface area (Å²) in [7, 11) is 0. The number of carbonyl (C=O) groups is 1. The van der Waals surface area contributed by atoms with E-state index in [0.29, 0.717) is 27.0 Å². The van der Waals surface area contributed by atoms with Gasteiger partial charge in [-0.05, 0) is 65.9 Å². The Bertz CT molecular complexity index is 1290. The predicted molar refractivity (Wildman–Crippen MR) is 129 cm³/mol. The fourth-order valence-electron chi connectivity index (χ4n) is 2.89. The third kappa shape index (κ3) is 5.38. The normalized spacial score (nSPS) is 16.4. The molecule has 1 N–H and O–H groups in total. The summed E-state index contributed by atoms with van der Waals surface area (Å²) in [5.74, 6) is 0.319. The largest absolute Gasteiger partial charge is 0.507 e. The first-order valence-corrected chi connectivity index (χ1v) is 11.1. The zero-order valence-corrected chi connectivity index (χ0v) is 19.2. The Morgan fingerprint density at radius 2 is 2.00 bits per heavy atom. The van der Waals surface area contributed by atoms with Crippen molar-refractivity contribution in [2.75, 3.05) is 0 Å². The van der Waals surface area contributed by atoms with Crippen LogP contribution in [0, 0.1) is 10.1 Å². The van der Waals surface area contributed by atoms with E-state index in [9.17, 15) is 20.0 Å². The van der Waals surface area contributed by atoms with Gasteiger partial charge in [-0.15, -0.1) is 5.10 Å². The number of nitrogens with zero attached hydrogens (tertiary/aromatic N) is 4. The van der Waals surface area contributed by atoms with Crippen molar-refractivity contribution in [3.05, 3.63) is 97.2 Å². The molecule has 0 atom stereocenters. The molecule has 1 saturated heterocycles. The summed E-state index contributed by atoms with van der Waals surface area (Å²) in [6.45, 7) is 0.160. The van der Waals surface area contributed by atoms with E-state index in [0.717, 1.165) is 16.2 Å². The van der Waals surface area contributed by atoms with Crippen LogP contribution in [0.5, 0.6) is 5.75 Å². The molecule has 0 saturated carbocycles. The van der Waals surface area contributed by atoms with Crippen molar-refractivity contribution in [1.29, 1.82) is 0 Å². The van der Waals surface area contributed by atoms with E-state index in [1.54, 1.807) is 42.5 Å². The van der Waals surface area contributed by atoms with E-state index in [-0.39, 0.29) is 23.9 Å². The van der Waals surface area contributed by atoms with E-state index in [2.05, 4.69) is 26.1 Å². The molecule has 1 fully saturated rings. The van der Waals surface area contributed by atoms with Crippen molar-refractivity contribution < 1.29 is 19.2 Å². The molecule has 1 aliphatic rings. The van der Waals surface area contributed by atoms with Crippen LogP contribution in [0.2, 0.25) is 0 Å². The first-order chi connectivity index (χ1) is 15.9. The van der Waals surface area contributed by atoms with Gasteiger partial charge in [0.2, 0.25) is 0 Å².